The van der Waals surface area contributed by atoms with E-state index in [1.807, 2.05) is 12.1 Å². The highest BCUT2D eigenvalue weighted by Gasteiger charge is 2.41. The summed E-state index contributed by atoms with van der Waals surface area (Å²) in [5.41, 5.74) is -0.365. The van der Waals surface area contributed by atoms with Gasteiger partial charge in [0, 0.05) is 23.1 Å². The smallest absolute Gasteiger partial charge is 0.429 e. The molecule has 0 radical (unpaired) electrons. The Hall–Kier alpha value is -3.89. The fraction of sp³-hybridized carbons (Fsp3) is 0.294. The molecule has 4 aromatic carbocycles. The summed E-state index contributed by atoms with van der Waals surface area (Å²) in [6.45, 7) is 3.39. The van der Waals surface area contributed by atoms with Gasteiger partial charge in [-0.25, -0.2) is 22.0 Å². The highest BCUT2D eigenvalue weighted by molar-refractivity contribution is 5.71. The fourth-order valence-corrected chi connectivity index (χ4v) is 5.09. The van der Waals surface area contributed by atoms with E-state index in [9.17, 15) is 26.3 Å². The average Bonchev–Trinajstić information content (AvgIpc) is 2.99. The molecule has 10 heteroatoms. The largest absolute Gasteiger partial charge is 0.432 e. The lowest BCUT2D eigenvalue weighted by atomic mass is 9.97. The van der Waals surface area contributed by atoms with Crippen LogP contribution < -0.4 is 4.74 Å². The second-order valence-corrected chi connectivity index (χ2v) is 10.7. The molecule has 1 heterocycles. The van der Waals surface area contributed by atoms with Gasteiger partial charge < -0.3 is 14.2 Å². The fourth-order valence-electron chi connectivity index (χ4n) is 5.09. The monoisotopic (exact) mass is 618 g/mol. The predicted molar refractivity (Wildman–Crippen MR) is 150 cm³/mol. The summed E-state index contributed by atoms with van der Waals surface area (Å²) < 4.78 is 117. The standard InChI is InChI=1S/C34H29F7O3/c1-2-3-4-5-20-18-42-33(43-19-20)22-8-6-21(7-9-22)23-10-12-26(28(36)14-23)24-15-30(38)32(31(39)16-24)34(40,41)44-25-11-13-27(35)29(37)17-25/h6-17,20,33H,2-5,18-19H2,1H3. The van der Waals surface area contributed by atoms with Crippen LogP contribution in [0.2, 0.25) is 0 Å². The molecule has 0 spiro atoms. The van der Waals surface area contributed by atoms with Gasteiger partial charge in [0.1, 0.15) is 28.8 Å². The summed E-state index contributed by atoms with van der Waals surface area (Å²) in [7, 11) is 0. The Labute approximate surface area is 250 Å². The van der Waals surface area contributed by atoms with E-state index in [0.717, 1.165) is 24.8 Å². The Morgan fingerprint density at radius 3 is 1.93 bits per heavy atom. The number of benzene rings is 4. The second-order valence-electron chi connectivity index (χ2n) is 10.7. The van der Waals surface area contributed by atoms with Crippen LogP contribution in [0.25, 0.3) is 22.3 Å². The molecule has 232 valence electrons. The summed E-state index contributed by atoms with van der Waals surface area (Å²) in [5, 5.41) is 0. The lowest BCUT2D eigenvalue weighted by Crippen LogP contribution is -2.27. The van der Waals surface area contributed by atoms with Crippen LogP contribution in [0, 0.1) is 35.0 Å². The summed E-state index contributed by atoms with van der Waals surface area (Å²) in [4.78, 5) is 0. The highest BCUT2D eigenvalue weighted by Crippen LogP contribution is 2.38. The van der Waals surface area contributed by atoms with Gasteiger partial charge in [-0.05, 0) is 53.4 Å². The molecule has 0 unspecified atom stereocenters. The summed E-state index contributed by atoms with van der Waals surface area (Å²) in [6, 6.07) is 13.8. The van der Waals surface area contributed by atoms with Gasteiger partial charge in [-0.1, -0.05) is 62.6 Å². The molecule has 3 nitrogen and oxygen atoms in total. The number of hydrogen-bond acceptors (Lipinski definition) is 3. The van der Waals surface area contributed by atoms with Crippen LogP contribution >= 0.6 is 0 Å². The highest BCUT2D eigenvalue weighted by atomic mass is 19.3. The Morgan fingerprint density at radius 1 is 0.682 bits per heavy atom. The van der Waals surface area contributed by atoms with Gasteiger partial charge in [-0.3, -0.25) is 0 Å². The molecule has 4 aromatic rings. The van der Waals surface area contributed by atoms with Gasteiger partial charge in [-0.2, -0.15) is 8.78 Å². The van der Waals surface area contributed by atoms with E-state index >= 15 is 4.39 Å². The molecule has 0 amide bonds. The Kier molecular flexibility index (Phi) is 9.60. The molecule has 5 rings (SSSR count). The van der Waals surface area contributed by atoms with Crippen LogP contribution in [0.4, 0.5) is 30.7 Å². The minimum Gasteiger partial charge on any atom is -0.429 e. The molecule has 0 saturated carbocycles. The first-order chi connectivity index (χ1) is 21.1. The molecule has 1 aliphatic heterocycles. The molecular weight excluding hydrogens is 589 g/mol. The van der Waals surface area contributed by atoms with Crippen LogP contribution in [0.15, 0.2) is 72.8 Å². The van der Waals surface area contributed by atoms with E-state index in [-0.39, 0.29) is 11.1 Å². The van der Waals surface area contributed by atoms with Gasteiger partial charge in [-0.15, -0.1) is 0 Å². The first kappa shape index (κ1) is 31.5. The number of unbranched alkanes of at least 4 members (excludes halogenated alkanes) is 2. The second kappa shape index (κ2) is 13.4. The zero-order valence-electron chi connectivity index (χ0n) is 23.7. The van der Waals surface area contributed by atoms with E-state index in [1.54, 1.807) is 12.1 Å². The molecule has 1 fully saturated rings. The molecule has 0 aromatic heterocycles. The number of ether oxygens (including phenoxy) is 3. The van der Waals surface area contributed by atoms with Crippen molar-refractivity contribution < 1.29 is 44.9 Å². The van der Waals surface area contributed by atoms with Crippen LogP contribution in [-0.4, -0.2) is 13.2 Å². The molecule has 0 N–H and O–H groups in total. The lowest BCUT2D eigenvalue weighted by molar-refractivity contribution is -0.206. The molecule has 0 aliphatic carbocycles. The van der Waals surface area contributed by atoms with Gasteiger partial charge in [0.05, 0.1) is 13.2 Å². The lowest BCUT2D eigenvalue weighted by Gasteiger charge is -2.29. The third-order valence-corrected chi connectivity index (χ3v) is 7.45. The molecular formula is C34H29F7O3. The van der Waals surface area contributed by atoms with Gasteiger partial charge in [0.25, 0.3) is 0 Å². The minimum atomic E-state index is -4.59. The van der Waals surface area contributed by atoms with E-state index in [0.29, 0.717) is 60.6 Å². The van der Waals surface area contributed by atoms with Crippen LogP contribution in [0.1, 0.15) is 50.0 Å². The van der Waals surface area contributed by atoms with E-state index in [2.05, 4.69) is 11.7 Å². The number of alkyl halides is 2. The molecule has 1 saturated heterocycles. The Balaban J connectivity index is 1.29. The van der Waals surface area contributed by atoms with Crippen molar-refractivity contribution in [2.75, 3.05) is 13.2 Å². The van der Waals surface area contributed by atoms with Crippen molar-refractivity contribution in [3.63, 3.8) is 0 Å². The third kappa shape index (κ3) is 7.08. The summed E-state index contributed by atoms with van der Waals surface area (Å²) in [5.74, 6) is -7.55. The Bertz CT molecular complexity index is 1580. The molecule has 1 aliphatic rings. The third-order valence-electron chi connectivity index (χ3n) is 7.45. The van der Waals surface area contributed by atoms with Crippen LogP contribution in [0.3, 0.4) is 0 Å². The van der Waals surface area contributed by atoms with Crippen molar-refractivity contribution >= 4 is 0 Å². The zero-order chi connectivity index (χ0) is 31.4. The maximum atomic E-state index is 15.2. The topological polar surface area (TPSA) is 27.7 Å². The number of halogens is 7. The minimum absolute atomic E-state index is 0.225. The molecule has 0 bridgehead atoms. The van der Waals surface area contributed by atoms with Crippen molar-refractivity contribution in [2.24, 2.45) is 5.92 Å². The van der Waals surface area contributed by atoms with E-state index < -0.39 is 52.8 Å². The average molecular weight is 619 g/mol. The van der Waals surface area contributed by atoms with Crippen molar-refractivity contribution in [3.8, 4) is 28.0 Å². The van der Waals surface area contributed by atoms with E-state index in [1.165, 1.54) is 24.6 Å². The number of hydrogen-bond donors (Lipinski definition) is 0. The van der Waals surface area contributed by atoms with Crippen molar-refractivity contribution in [1.82, 2.24) is 0 Å². The zero-order valence-corrected chi connectivity index (χ0v) is 23.7. The SMILES string of the molecule is CCCCCC1COC(c2ccc(-c3ccc(-c4cc(F)c(C(F)(F)Oc5ccc(F)c(F)c5)c(F)c4)c(F)c3)cc2)OC1. The molecule has 0 atom stereocenters. The quantitative estimate of drug-likeness (QED) is 0.131. The predicted octanol–water partition coefficient (Wildman–Crippen LogP) is 10.1. The van der Waals surface area contributed by atoms with Gasteiger partial charge in [0.2, 0.25) is 0 Å². The summed E-state index contributed by atoms with van der Waals surface area (Å²) >= 11 is 0. The first-order valence-corrected chi connectivity index (χ1v) is 14.2. The first-order valence-electron chi connectivity index (χ1n) is 14.2. The van der Waals surface area contributed by atoms with Gasteiger partial charge >= 0.3 is 6.11 Å². The van der Waals surface area contributed by atoms with Crippen molar-refractivity contribution in [2.45, 2.75) is 45.0 Å². The van der Waals surface area contributed by atoms with Crippen molar-refractivity contribution in [1.29, 1.82) is 0 Å². The van der Waals surface area contributed by atoms with Crippen molar-refractivity contribution in [3.05, 3.63) is 113 Å². The summed E-state index contributed by atoms with van der Waals surface area (Å²) in [6.07, 6.45) is -0.538. The Morgan fingerprint density at radius 2 is 1.32 bits per heavy atom. The molecule has 44 heavy (non-hydrogen) atoms. The van der Waals surface area contributed by atoms with E-state index in [4.69, 9.17) is 9.47 Å². The van der Waals surface area contributed by atoms with Gasteiger partial charge in [0.15, 0.2) is 17.9 Å². The van der Waals surface area contributed by atoms with Crippen LogP contribution in [0.5, 0.6) is 5.75 Å². The maximum absolute atomic E-state index is 15.2. The number of rotatable bonds is 10. The maximum Gasteiger partial charge on any atom is 0.432 e. The normalized spacial score (nSPS) is 17.1. The van der Waals surface area contributed by atoms with Crippen LogP contribution in [-0.2, 0) is 15.6 Å².